The molecule has 0 radical (unpaired) electrons. The predicted octanol–water partition coefficient (Wildman–Crippen LogP) is 4.29. The highest BCUT2D eigenvalue weighted by molar-refractivity contribution is 8.18. The lowest BCUT2D eigenvalue weighted by atomic mass is 10.2. The summed E-state index contributed by atoms with van der Waals surface area (Å²) in [5.74, 6) is -0.664. The van der Waals surface area contributed by atoms with Crippen molar-refractivity contribution in [2.24, 2.45) is 0 Å². The zero-order valence-corrected chi connectivity index (χ0v) is 16.7. The fraction of sp³-hybridized carbons (Fsp3) is 0.0952. The first-order chi connectivity index (χ1) is 14.0. The average Bonchev–Trinajstić information content (AvgIpc) is 3.24. The van der Waals surface area contributed by atoms with Crippen molar-refractivity contribution in [2.75, 3.05) is 13.1 Å². The third-order valence-corrected chi connectivity index (χ3v) is 5.56. The molecule has 0 saturated carbocycles. The minimum Gasteiger partial charge on any atom is -0.350 e. The lowest BCUT2D eigenvalue weighted by Gasteiger charge is -2.12. The zero-order chi connectivity index (χ0) is 20.4. The molecule has 1 aliphatic rings. The molecule has 8 heteroatoms. The van der Waals surface area contributed by atoms with Crippen LogP contribution in [0.25, 0.3) is 17.0 Å². The van der Waals surface area contributed by atoms with Gasteiger partial charge in [-0.3, -0.25) is 19.3 Å². The molecule has 2 N–H and O–H groups in total. The van der Waals surface area contributed by atoms with Crippen molar-refractivity contribution in [3.8, 4) is 0 Å². The zero-order valence-electron chi connectivity index (χ0n) is 15.1. The smallest absolute Gasteiger partial charge is 0.293 e. The van der Waals surface area contributed by atoms with Crippen molar-refractivity contribution in [1.82, 2.24) is 15.2 Å². The Morgan fingerprint density at radius 2 is 1.93 bits per heavy atom. The molecule has 0 spiro atoms. The molecule has 1 aliphatic heterocycles. The average molecular weight is 426 g/mol. The number of aromatic amines is 1. The van der Waals surface area contributed by atoms with Crippen molar-refractivity contribution in [3.05, 3.63) is 75.8 Å². The fourth-order valence-electron chi connectivity index (χ4n) is 2.99. The van der Waals surface area contributed by atoms with Gasteiger partial charge in [0.1, 0.15) is 5.69 Å². The van der Waals surface area contributed by atoms with E-state index in [2.05, 4.69) is 10.3 Å². The molecule has 1 saturated heterocycles. The summed E-state index contributed by atoms with van der Waals surface area (Å²) in [6, 6.07) is 16.4. The number of benzene rings is 2. The molecule has 1 aromatic heterocycles. The lowest BCUT2D eigenvalue weighted by molar-refractivity contribution is -0.122. The molecule has 3 amide bonds. The fourth-order valence-corrected chi connectivity index (χ4v) is 4.03. The third kappa shape index (κ3) is 4.21. The standard InChI is InChI=1S/C21H16ClN3O3S/c22-15-7-6-14-11-17(24-16(14)12-15)19(26)23-8-9-25-20(27)18(29-21(25)28)10-13-4-2-1-3-5-13/h1-7,10-12,24H,8-9H2,(H,23,26)/b18-10-. The van der Waals surface area contributed by atoms with Gasteiger partial charge in [0.15, 0.2) is 0 Å². The van der Waals surface area contributed by atoms with Gasteiger partial charge in [0.25, 0.3) is 17.1 Å². The molecule has 29 heavy (non-hydrogen) atoms. The van der Waals surface area contributed by atoms with E-state index in [1.54, 1.807) is 24.3 Å². The molecule has 1 fully saturated rings. The summed E-state index contributed by atoms with van der Waals surface area (Å²) in [5.41, 5.74) is 2.00. The molecule has 3 aromatic rings. The number of aromatic nitrogens is 1. The van der Waals surface area contributed by atoms with Crippen LogP contribution in [0.15, 0.2) is 59.5 Å². The molecular weight excluding hydrogens is 410 g/mol. The van der Waals surface area contributed by atoms with Crippen LogP contribution in [0, 0.1) is 0 Å². The van der Waals surface area contributed by atoms with Crippen molar-refractivity contribution in [1.29, 1.82) is 0 Å². The van der Waals surface area contributed by atoms with Crippen LogP contribution in [0.3, 0.4) is 0 Å². The Kier molecular flexibility index (Phi) is 5.42. The van der Waals surface area contributed by atoms with Gasteiger partial charge in [-0.1, -0.05) is 48.0 Å². The summed E-state index contributed by atoms with van der Waals surface area (Å²) < 4.78 is 0. The minimum absolute atomic E-state index is 0.106. The summed E-state index contributed by atoms with van der Waals surface area (Å²) in [4.78, 5) is 41.6. The van der Waals surface area contributed by atoms with E-state index >= 15 is 0 Å². The van der Waals surface area contributed by atoms with Gasteiger partial charge in [0, 0.05) is 29.0 Å². The first kappa shape index (κ1) is 19.3. The molecule has 0 atom stereocenters. The number of rotatable bonds is 5. The monoisotopic (exact) mass is 425 g/mol. The first-order valence-corrected chi connectivity index (χ1v) is 10.1. The van der Waals surface area contributed by atoms with Crippen molar-refractivity contribution in [3.63, 3.8) is 0 Å². The second-order valence-corrected chi connectivity index (χ2v) is 7.84. The van der Waals surface area contributed by atoms with E-state index in [9.17, 15) is 14.4 Å². The lowest BCUT2D eigenvalue weighted by Crippen LogP contribution is -2.37. The van der Waals surface area contributed by atoms with Gasteiger partial charge in [-0.2, -0.15) is 0 Å². The Labute approximate surface area is 175 Å². The van der Waals surface area contributed by atoms with Gasteiger partial charge < -0.3 is 10.3 Å². The SMILES string of the molecule is O=C(NCCN1C(=O)S/C(=C\c2ccccc2)C1=O)c1cc2ccc(Cl)cc2[nH]1. The number of imide groups is 1. The Hall–Kier alpha value is -3.03. The van der Waals surface area contributed by atoms with Crippen molar-refractivity contribution in [2.45, 2.75) is 0 Å². The van der Waals surface area contributed by atoms with E-state index in [4.69, 9.17) is 11.6 Å². The molecule has 2 heterocycles. The maximum absolute atomic E-state index is 12.5. The Bertz CT molecular complexity index is 1140. The summed E-state index contributed by atoms with van der Waals surface area (Å²) in [6.45, 7) is 0.264. The molecular formula is C21H16ClN3O3S. The summed E-state index contributed by atoms with van der Waals surface area (Å²) in [6.07, 6.45) is 1.69. The number of nitrogens with one attached hydrogen (secondary N) is 2. The number of carbonyl (C=O) groups is 3. The van der Waals surface area contributed by atoms with Crippen molar-refractivity contribution >= 4 is 57.4 Å². The molecule has 146 valence electrons. The number of fused-ring (bicyclic) bond motifs is 1. The van der Waals surface area contributed by atoms with Gasteiger partial charge in [-0.05, 0) is 41.6 Å². The third-order valence-electron chi connectivity index (χ3n) is 4.42. The van der Waals surface area contributed by atoms with Crippen LogP contribution in [0.5, 0.6) is 0 Å². The largest absolute Gasteiger partial charge is 0.350 e. The van der Waals surface area contributed by atoms with E-state index < -0.39 is 0 Å². The summed E-state index contributed by atoms with van der Waals surface area (Å²) in [5, 5.41) is 3.84. The Balaban J connectivity index is 1.37. The van der Waals surface area contributed by atoms with Crippen LogP contribution in [-0.2, 0) is 4.79 Å². The predicted molar refractivity (Wildman–Crippen MR) is 115 cm³/mol. The molecule has 4 rings (SSSR count). The molecule has 0 bridgehead atoms. The quantitative estimate of drug-likeness (QED) is 0.597. The maximum atomic E-state index is 12.5. The highest BCUT2D eigenvalue weighted by Crippen LogP contribution is 2.31. The second-order valence-electron chi connectivity index (χ2n) is 6.41. The number of amides is 3. The number of hydrogen-bond acceptors (Lipinski definition) is 4. The highest BCUT2D eigenvalue weighted by atomic mass is 35.5. The van der Waals surface area contributed by atoms with Crippen LogP contribution >= 0.6 is 23.4 Å². The molecule has 0 aliphatic carbocycles. The second kappa shape index (κ2) is 8.14. The summed E-state index contributed by atoms with van der Waals surface area (Å²) >= 11 is 6.86. The summed E-state index contributed by atoms with van der Waals surface area (Å²) in [7, 11) is 0. The molecule has 6 nitrogen and oxygen atoms in total. The number of halogens is 1. The van der Waals surface area contributed by atoms with E-state index in [-0.39, 0.29) is 30.1 Å². The number of hydrogen-bond donors (Lipinski definition) is 2. The van der Waals surface area contributed by atoms with Crippen LogP contribution < -0.4 is 5.32 Å². The highest BCUT2D eigenvalue weighted by Gasteiger charge is 2.34. The van der Waals surface area contributed by atoms with E-state index in [0.29, 0.717) is 15.6 Å². The van der Waals surface area contributed by atoms with Crippen molar-refractivity contribution < 1.29 is 14.4 Å². The number of nitrogens with zero attached hydrogens (tertiary/aromatic N) is 1. The number of thioether (sulfide) groups is 1. The van der Waals surface area contributed by atoms with E-state index in [1.807, 2.05) is 36.4 Å². The van der Waals surface area contributed by atoms with E-state index in [0.717, 1.165) is 33.1 Å². The minimum atomic E-state index is -0.349. The Morgan fingerprint density at radius 3 is 2.72 bits per heavy atom. The first-order valence-electron chi connectivity index (χ1n) is 8.88. The van der Waals surface area contributed by atoms with Crippen LogP contribution in [0.4, 0.5) is 4.79 Å². The van der Waals surface area contributed by atoms with Gasteiger partial charge in [0.2, 0.25) is 0 Å². The Morgan fingerprint density at radius 1 is 1.14 bits per heavy atom. The van der Waals surface area contributed by atoms with Crippen LogP contribution in [-0.4, -0.2) is 40.0 Å². The maximum Gasteiger partial charge on any atom is 0.293 e. The molecule has 2 aromatic carbocycles. The molecule has 0 unspecified atom stereocenters. The van der Waals surface area contributed by atoms with E-state index in [1.165, 1.54) is 0 Å². The van der Waals surface area contributed by atoms with Gasteiger partial charge >= 0.3 is 0 Å². The van der Waals surface area contributed by atoms with Crippen LogP contribution in [0.2, 0.25) is 5.02 Å². The number of carbonyl (C=O) groups excluding carboxylic acids is 3. The topological polar surface area (TPSA) is 82.3 Å². The van der Waals surface area contributed by atoms with Gasteiger partial charge in [-0.25, -0.2) is 0 Å². The van der Waals surface area contributed by atoms with Gasteiger partial charge in [-0.15, -0.1) is 0 Å². The van der Waals surface area contributed by atoms with Gasteiger partial charge in [0.05, 0.1) is 4.91 Å². The normalized spacial score (nSPS) is 15.5. The van der Waals surface area contributed by atoms with Crippen LogP contribution in [0.1, 0.15) is 16.1 Å². The number of H-pyrrole nitrogens is 1.